The van der Waals surface area contributed by atoms with E-state index in [-0.39, 0.29) is 12.1 Å². The first-order valence-electron chi connectivity index (χ1n) is 6.84. The number of nitrogens with one attached hydrogen (secondary N) is 1. The number of aryl methyl sites for hydroxylation is 1. The van der Waals surface area contributed by atoms with E-state index < -0.39 is 0 Å². The minimum atomic E-state index is 0.262. The summed E-state index contributed by atoms with van der Waals surface area (Å²) in [6.07, 6.45) is 3.92. The van der Waals surface area contributed by atoms with Crippen molar-refractivity contribution in [2.24, 2.45) is 0 Å². The third-order valence-corrected chi connectivity index (χ3v) is 3.62. The minimum absolute atomic E-state index is 0.262. The molecular formula is C16H20N4. The Morgan fingerprint density at radius 2 is 2.10 bits per heavy atom. The summed E-state index contributed by atoms with van der Waals surface area (Å²) in [6, 6.07) is 10.4. The van der Waals surface area contributed by atoms with E-state index in [9.17, 15) is 0 Å². The van der Waals surface area contributed by atoms with Crippen LogP contribution < -0.4 is 5.32 Å². The highest BCUT2D eigenvalue weighted by Gasteiger charge is 2.14. The van der Waals surface area contributed by atoms with E-state index in [2.05, 4.69) is 30.3 Å². The molecule has 0 spiro atoms. The predicted octanol–water partition coefficient (Wildman–Crippen LogP) is 2.80. The van der Waals surface area contributed by atoms with Crippen LogP contribution >= 0.6 is 0 Å². The average Bonchev–Trinajstić information content (AvgIpc) is 2.90. The van der Waals surface area contributed by atoms with Crippen LogP contribution in [0.5, 0.6) is 0 Å². The Kier molecular flexibility index (Phi) is 4.54. The summed E-state index contributed by atoms with van der Waals surface area (Å²) >= 11 is 0. The van der Waals surface area contributed by atoms with Crippen molar-refractivity contribution in [3.8, 4) is 6.07 Å². The number of hydrogen-bond donors (Lipinski definition) is 1. The molecular weight excluding hydrogens is 248 g/mol. The Morgan fingerprint density at radius 1 is 1.35 bits per heavy atom. The topological polar surface area (TPSA) is 53.6 Å². The summed E-state index contributed by atoms with van der Waals surface area (Å²) in [5.74, 6) is 0. The molecule has 0 radical (unpaired) electrons. The third-order valence-electron chi connectivity index (χ3n) is 3.62. The van der Waals surface area contributed by atoms with Crippen molar-refractivity contribution in [2.45, 2.75) is 39.4 Å². The zero-order valence-corrected chi connectivity index (χ0v) is 12.2. The molecule has 4 heteroatoms. The molecule has 1 aromatic carbocycles. The van der Waals surface area contributed by atoms with Gasteiger partial charge in [0.05, 0.1) is 23.9 Å². The number of aromatic nitrogens is 2. The fraction of sp³-hybridized carbons (Fsp3) is 0.375. The first-order valence-corrected chi connectivity index (χ1v) is 6.84. The van der Waals surface area contributed by atoms with Gasteiger partial charge >= 0.3 is 0 Å². The van der Waals surface area contributed by atoms with Crippen LogP contribution in [0, 0.1) is 18.3 Å². The van der Waals surface area contributed by atoms with E-state index in [0.29, 0.717) is 6.54 Å². The van der Waals surface area contributed by atoms with Crippen LogP contribution in [0.15, 0.2) is 36.7 Å². The molecule has 0 aliphatic carbocycles. The second-order valence-corrected chi connectivity index (χ2v) is 5.18. The van der Waals surface area contributed by atoms with Gasteiger partial charge in [0.15, 0.2) is 0 Å². The maximum atomic E-state index is 9.08. The van der Waals surface area contributed by atoms with Crippen molar-refractivity contribution in [3.63, 3.8) is 0 Å². The first kappa shape index (κ1) is 14.3. The molecule has 0 aliphatic rings. The van der Waals surface area contributed by atoms with E-state index >= 15 is 0 Å². The summed E-state index contributed by atoms with van der Waals surface area (Å²) in [7, 11) is 0. The lowest BCUT2D eigenvalue weighted by Gasteiger charge is -2.22. The van der Waals surface area contributed by atoms with E-state index in [0.717, 1.165) is 11.1 Å². The van der Waals surface area contributed by atoms with Gasteiger partial charge in [-0.15, -0.1) is 0 Å². The van der Waals surface area contributed by atoms with Crippen molar-refractivity contribution < 1.29 is 0 Å². The molecule has 20 heavy (non-hydrogen) atoms. The SMILES string of the molecule is Cc1cnn(C(C)C(C)NCc2ccccc2C#N)c1. The van der Waals surface area contributed by atoms with Crippen LogP contribution in [0.4, 0.5) is 0 Å². The number of benzene rings is 1. The standard InChI is InChI=1S/C16H20N4/c1-12-9-19-20(11-12)14(3)13(2)18-10-16-7-5-4-6-15(16)8-17/h4-7,9,11,13-14,18H,10H2,1-3H3. The van der Waals surface area contributed by atoms with Gasteiger partial charge < -0.3 is 5.32 Å². The molecule has 104 valence electrons. The molecule has 0 bridgehead atoms. The third kappa shape index (κ3) is 3.25. The Bertz CT molecular complexity index is 609. The lowest BCUT2D eigenvalue weighted by atomic mass is 10.1. The van der Waals surface area contributed by atoms with Gasteiger partial charge in [-0.2, -0.15) is 10.4 Å². The molecule has 2 unspecified atom stereocenters. The highest BCUT2D eigenvalue weighted by molar-refractivity contribution is 5.37. The molecule has 2 atom stereocenters. The first-order chi connectivity index (χ1) is 9.61. The molecule has 1 N–H and O–H groups in total. The summed E-state index contributed by atoms with van der Waals surface area (Å²) in [5.41, 5.74) is 2.93. The van der Waals surface area contributed by atoms with E-state index in [1.807, 2.05) is 48.3 Å². The Balaban J connectivity index is 1.98. The molecule has 1 heterocycles. The van der Waals surface area contributed by atoms with E-state index in [1.165, 1.54) is 5.56 Å². The zero-order chi connectivity index (χ0) is 14.5. The van der Waals surface area contributed by atoms with Gasteiger partial charge in [0.1, 0.15) is 0 Å². The van der Waals surface area contributed by atoms with Crippen LogP contribution in [0.3, 0.4) is 0 Å². The van der Waals surface area contributed by atoms with Crippen molar-refractivity contribution >= 4 is 0 Å². The molecule has 0 fully saturated rings. The van der Waals surface area contributed by atoms with Crippen LogP contribution in [0.25, 0.3) is 0 Å². The molecule has 0 saturated carbocycles. The highest BCUT2D eigenvalue weighted by atomic mass is 15.3. The number of nitriles is 1. The van der Waals surface area contributed by atoms with Gasteiger partial charge in [-0.05, 0) is 38.0 Å². The van der Waals surface area contributed by atoms with Crippen LogP contribution in [-0.4, -0.2) is 15.8 Å². The largest absolute Gasteiger partial charge is 0.308 e. The van der Waals surface area contributed by atoms with Crippen molar-refractivity contribution in [1.82, 2.24) is 15.1 Å². The second kappa shape index (κ2) is 6.36. The zero-order valence-electron chi connectivity index (χ0n) is 12.2. The molecule has 0 aliphatic heterocycles. The van der Waals surface area contributed by atoms with E-state index in [1.54, 1.807) is 0 Å². The Hall–Kier alpha value is -2.12. The monoisotopic (exact) mass is 268 g/mol. The maximum Gasteiger partial charge on any atom is 0.0995 e. The highest BCUT2D eigenvalue weighted by Crippen LogP contribution is 2.13. The van der Waals surface area contributed by atoms with Gasteiger partial charge in [-0.3, -0.25) is 4.68 Å². The normalized spacial score (nSPS) is 13.7. The predicted molar refractivity (Wildman–Crippen MR) is 79.1 cm³/mol. The minimum Gasteiger partial charge on any atom is -0.308 e. The Labute approximate surface area is 120 Å². The lowest BCUT2D eigenvalue weighted by Crippen LogP contribution is -2.33. The molecule has 4 nitrogen and oxygen atoms in total. The van der Waals surface area contributed by atoms with Gasteiger partial charge in [0.2, 0.25) is 0 Å². The lowest BCUT2D eigenvalue weighted by molar-refractivity contribution is 0.365. The molecule has 2 rings (SSSR count). The molecule has 2 aromatic rings. The molecule has 1 aromatic heterocycles. The Morgan fingerprint density at radius 3 is 2.75 bits per heavy atom. The van der Waals surface area contributed by atoms with Crippen LogP contribution in [-0.2, 0) is 6.54 Å². The fourth-order valence-corrected chi connectivity index (χ4v) is 2.11. The molecule has 0 saturated heterocycles. The summed E-state index contributed by atoms with van der Waals surface area (Å²) in [4.78, 5) is 0. The van der Waals surface area contributed by atoms with Crippen molar-refractivity contribution in [3.05, 3.63) is 53.3 Å². The van der Waals surface area contributed by atoms with Crippen molar-refractivity contribution in [2.75, 3.05) is 0 Å². The second-order valence-electron chi connectivity index (χ2n) is 5.18. The van der Waals surface area contributed by atoms with E-state index in [4.69, 9.17) is 5.26 Å². The number of nitrogens with zero attached hydrogens (tertiary/aromatic N) is 3. The number of hydrogen-bond acceptors (Lipinski definition) is 3. The molecule has 0 amide bonds. The van der Waals surface area contributed by atoms with Gasteiger partial charge in [-0.1, -0.05) is 18.2 Å². The average molecular weight is 268 g/mol. The number of rotatable bonds is 5. The fourth-order valence-electron chi connectivity index (χ4n) is 2.11. The van der Waals surface area contributed by atoms with Crippen molar-refractivity contribution in [1.29, 1.82) is 5.26 Å². The van der Waals surface area contributed by atoms with Gasteiger partial charge in [0.25, 0.3) is 0 Å². The van der Waals surface area contributed by atoms with Gasteiger partial charge in [-0.25, -0.2) is 0 Å². The smallest absolute Gasteiger partial charge is 0.0995 e. The summed E-state index contributed by atoms with van der Waals surface area (Å²) in [6.45, 7) is 7.00. The van der Waals surface area contributed by atoms with Crippen LogP contribution in [0.2, 0.25) is 0 Å². The quantitative estimate of drug-likeness (QED) is 0.907. The van der Waals surface area contributed by atoms with Gasteiger partial charge in [0, 0.05) is 18.8 Å². The maximum absolute atomic E-state index is 9.08. The van der Waals surface area contributed by atoms with Crippen LogP contribution in [0.1, 0.15) is 36.6 Å². The summed E-state index contributed by atoms with van der Waals surface area (Å²) < 4.78 is 1.98. The summed E-state index contributed by atoms with van der Waals surface area (Å²) in [5, 5.41) is 16.9.